The quantitative estimate of drug-likeness (QED) is 0.894. The van der Waals surface area contributed by atoms with Crippen molar-refractivity contribution in [2.75, 3.05) is 25.1 Å². The monoisotopic (exact) mass is 296 g/mol. The van der Waals surface area contributed by atoms with E-state index < -0.39 is 0 Å². The number of anilines is 1. The van der Waals surface area contributed by atoms with E-state index in [1.54, 1.807) is 0 Å². The summed E-state index contributed by atoms with van der Waals surface area (Å²) in [6.45, 7) is 3.30. The Morgan fingerprint density at radius 3 is 2.85 bits per heavy atom. The molecule has 0 aromatic heterocycles. The van der Waals surface area contributed by atoms with Gasteiger partial charge in [0.25, 0.3) is 0 Å². The predicted molar refractivity (Wildman–Crippen MR) is 85.6 cm³/mol. The molecule has 4 heteroatoms. The maximum absolute atomic E-state index is 9.62. The summed E-state index contributed by atoms with van der Waals surface area (Å²) in [5.74, 6) is 0. The SMILES string of the molecule is CNC(C)c1ccc(N2CCCCCC2CO)c(Cl)c1. The minimum Gasteiger partial charge on any atom is -0.394 e. The summed E-state index contributed by atoms with van der Waals surface area (Å²) in [7, 11) is 1.95. The van der Waals surface area contributed by atoms with Crippen LogP contribution < -0.4 is 10.2 Å². The van der Waals surface area contributed by atoms with E-state index in [0.29, 0.717) is 6.04 Å². The van der Waals surface area contributed by atoms with Crippen LogP contribution in [0.15, 0.2) is 18.2 Å². The van der Waals surface area contributed by atoms with Gasteiger partial charge in [-0.05, 0) is 44.5 Å². The van der Waals surface area contributed by atoms with E-state index in [2.05, 4.69) is 29.3 Å². The molecule has 0 saturated carbocycles. The molecule has 20 heavy (non-hydrogen) atoms. The Labute approximate surface area is 126 Å². The molecule has 1 saturated heterocycles. The summed E-state index contributed by atoms with van der Waals surface area (Å²) in [4.78, 5) is 2.28. The first kappa shape index (κ1) is 15.6. The highest BCUT2D eigenvalue weighted by molar-refractivity contribution is 6.33. The molecule has 1 aromatic carbocycles. The summed E-state index contributed by atoms with van der Waals surface area (Å²) in [6, 6.07) is 6.75. The third-order valence-corrected chi connectivity index (χ3v) is 4.60. The Morgan fingerprint density at radius 2 is 2.20 bits per heavy atom. The molecule has 1 aliphatic rings. The molecule has 0 radical (unpaired) electrons. The first-order valence-corrected chi connectivity index (χ1v) is 7.89. The van der Waals surface area contributed by atoms with Gasteiger partial charge < -0.3 is 15.3 Å². The third-order valence-electron chi connectivity index (χ3n) is 4.30. The maximum Gasteiger partial charge on any atom is 0.0643 e. The van der Waals surface area contributed by atoms with Gasteiger partial charge >= 0.3 is 0 Å². The highest BCUT2D eigenvalue weighted by Crippen LogP contribution is 2.32. The van der Waals surface area contributed by atoms with Crippen molar-refractivity contribution >= 4 is 17.3 Å². The van der Waals surface area contributed by atoms with Gasteiger partial charge in [0.15, 0.2) is 0 Å². The fraction of sp³-hybridized carbons (Fsp3) is 0.625. The van der Waals surface area contributed by atoms with Gasteiger partial charge in [-0.3, -0.25) is 0 Å². The Hall–Kier alpha value is -0.770. The minimum atomic E-state index is 0.197. The lowest BCUT2D eigenvalue weighted by Gasteiger charge is -2.32. The molecule has 2 rings (SSSR count). The van der Waals surface area contributed by atoms with Crippen LogP contribution in [-0.4, -0.2) is 31.3 Å². The van der Waals surface area contributed by atoms with Crippen molar-refractivity contribution in [3.63, 3.8) is 0 Å². The molecule has 2 atom stereocenters. The second kappa shape index (κ2) is 7.30. The molecule has 0 aliphatic carbocycles. The van der Waals surface area contributed by atoms with E-state index in [0.717, 1.165) is 23.7 Å². The van der Waals surface area contributed by atoms with Gasteiger partial charge in [0.05, 0.1) is 23.4 Å². The number of nitrogens with zero attached hydrogens (tertiary/aromatic N) is 1. The number of nitrogens with one attached hydrogen (secondary N) is 1. The van der Waals surface area contributed by atoms with Gasteiger partial charge in [-0.15, -0.1) is 0 Å². The number of hydrogen-bond donors (Lipinski definition) is 2. The smallest absolute Gasteiger partial charge is 0.0643 e. The molecule has 1 aromatic rings. The number of rotatable bonds is 4. The number of aliphatic hydroxyl groups excluding tert-OH is 1. The van der Waals surface area contributed by atoms with Crippen molar-refractivity contribution in [1.29, 1.82) is 0 Å². The Bertz CT molecular complexity index is 438. The molecule has 1 fully saturated rings. The summed E-state index contributed by atoms with van der Waals surface area (Å²) in [5, 5.41) is 13.6. The molecule has 1 aliphatic heterocycles. The van der Waals surface area contributed by atoms with E-state index in [-0.39, 0.29) is 12.6 Å². The van der Waals surface area contributed by atoms with Crippen molar-refractivity contribution in [1.82, 2.24) is 5.32 Å². The van der Waals surface area contributed by atoms with Crippen LogP contribution >= 0.6 is 11.6 Å². The summed E-state index contributed by atoms with van der Waals surface area (Å²) < 4.78 is 0. The van der Waals surface area contributed by atoms with Crippen LogP contribution in [0.3, 0.4) is 0 Å². The Morgan fingerprint density at radius 1 is 1.40 bits per heavy atom. The van der Waals surface area contributed by atoms with E-state index in [9.17, 15) is 5.11 Å². The average molecular weight is 297 g/mol. The first-order valence-electron chi connectivity index (χ1n) is 7.51. The number of aliphatic hydroxyl groups is 1. The molecule has 112 valence electrons. The fourth-order valence-corrected chi connectivity index (χ4v) is 3.17. The van der Waals surface area contributed by atoms with Crippen LogP contribution in [-0.2, 0) is 0 Å². The zero-order valence-corrected chi connectivity index (χ0v) is 13.2. The highest BCUT2D eigenvalue weighted by atomic mass is 35.5. The van der Waals surface area contributed by atoms with Crippen molar-refractivity contribution < 1.29 is 5.11 Å². The zero-order valence-electron chi connectivity index (χ0n) is 12.4. The maximum atomic E-state index is 9.62. The van der Waals surface area contributed by atoms with Crippen molar-refractivity contribution in [3.05, 3.63) is 28.8 Å². The van der Waals surface area contributed by atoms with Crippen LogP contribution in [0.4, 0.5) is 5.69 Å². The van der Waals surface area contributed by atoms with Crippen LogP contribution in [0, 0.1) is 0 Å². The fourth-order valence-electron chi connectivity index (χ4n) is 2.88. The molecular formula is C16H25ClN2O. The molecule has 0 bridgehead atoms. The highest BCUT2D eigenvalue weighted by Gasteiger charge is 2.22. The van der Waals surface area contributed by atoms with Gasteiger partial charge in [-0.2, -0.15) is 0 Å². The van der Waals surface area contributed by atoms with Gasteiger partial charge in [0.2, 0.25) is 0 Å². The summed E-state index contributed by atoms with van der Waals surface area (Å²) in [5.41, 5.74) is 2.25. The van der Waals surface area contributed by atoms with E-state index >= 15 is 0 Å². The van der Waals surface area contributed by atoms with Crippen LogP contribution in [0.1, 0.15) is 44.2 Å². The molecule has 0 amide bonds. The van der Waals surface area contributed by atoms with E-state index in [1.807, 2.05) is 13.1 Å². The normalized spacial score (nSPS) is 21.6. The first-order chi connectivity index (χ1) is 9.67. The lowest BCUT2D eigenvalue weighted by atomic mass is 10.1. The lowest BCUT2D eigenvalue weighted by Crippen LogP contribution is -2.37. The molecular weight excluding hydrogens is 272 g/mol. The van der Waals surface area contributed by atoms with Gasteiger partial charge in [-0.25, -0.2) is 0 Å². The predicted octanol–water partition coefficient (Wildman–Crippen LogP) is 3.36. The van der Waals surface area contributed by atoms with Crippen molar-refractivity contribution in [3.8, 4) is 0 Å². The van der Waals surface area contributed by atoms with Crippen LogP contribution in [0.25, 0.3) is 0 Å². The molecule has 2 unspecified atom stereocenters. The zero-order chi connectivity index (χ0) is 14.5. The van der Waals surface area contributed by atoms with Crippen molar-refractivity contribution in [2.45, 2.75) is 44.7 Å². The molecule has 1 heterocycles. The summed E-state index contributed by atoms with van der Waals surface area (Å²) in [6.07, 6.45) is 4.64. The van der Waals surface area contributed by atoms with Crippen molar-refractivity contribution in [2.24, 2.45) is 0 Å². The van der Waals surface area contributed by atoms with Crippen LogP contribution in [0.5, 0.6) is 0 Å². The topological polar surface area (TPSA) is 35.5 Å². The average Bonchev–Trinajstić information content (AvgIpc) is 2.71. The Balaban J connectivity index is 2.26. The van der Waals surface area contributed by atoms with E-state index in [4.69, 9.17) is 11.6 Å². The number of benzene rings is 1. The number of hydrogen-bond acceptors (Lipinski definition) is 3. The van der Waals surface area contributed by atoms with E-state index in [1.165, 1.54) is 24.8 Å². The second-order valence-corrected chi connectivity index (χ2v) is 6.01. The molecule has 0 spiro atoms. The van der Waals surface area contributed by atoms with Gasteiger partial charge in [0.1, 0.15) is 0 Å². The summed E-state index contributed by atoms with van der Waals surface area (Å²) >= 11 is 6.49. The van der Waals surface area contributed by atoms with Crippen LogP contribution in [0.2, 0.25) is 5.02 Å². The number of halogens is 1. The molecule has 2 N–H and O–H groups in total. The second-order valence-electron chi connectivity index (χ2n) is 5.60. The Kier molecular flexibility index (Phi) is 5.70. The lowest BCUT2D eigenvalue weighted by molar-refractivity contribution is 0.255. The minimum absolute atomic E-state index is 0.197. The van der Waals surface area contributed by atoms with Gasteiger partial charge in [-0.1, -0.05) is 30.5 Å². The third kappa shape index (κ3) is 3.46. The van der Waals surface area contributed by atoms with Gasteiger partial charge in [0, 0.05) is 12.6 Å². The standard InChI is InChI=1S/C16H25ClN2O/c1-12(18-2)13-7-8-16(15(17)10-13)19-9-5-3-4-6-14(19)11-20/h7-8,10,12,14,18,20H,3-6,9,11H2,1-2H3. The molecule has 3 nitrogen and oxygen atoms in total. The largest absolute Gasteiger partial charge is 0.394 e.